The predicted octanol–water partition coefficient (Wildman–Crippen LogP) is 3.09. The number of sulfonamides is 1. The van der Waals surface area contributed by atoms with Crippen LogP contribution in [0, 0.1) is 6.92 Å². The van der Waals surface area contributed by atoms with E-state index in [-0.39, 0.29) is 24.8 Å². The summed E-state index contributed by atoms with van der Waals surface area (Å²) in [5, 5.41) is 2.64. The van der Waals surface area contributed by atoms with E-state index in [0.29, 0.717) is 25.1 Å². The van der Waals surface area contributed by atoms with E-state index in [2.05, 4.69) is 5.32 Å². The van der Waals surface area contributed by atoms with E-state index >= 15 is 0 Å². The molecule has 0 fully saturated rings. The number of nitrogens with one attached hydrogen (secondary N) is 1. The first kappa shape index (κ1) is 25.4. The minimum atomic E-state index is -3.48. The van der Waals surface area contributed by atoms with Crippen molar-refractivity contribution in [2.75, 3.05) is 24.2 Å². The molecule has 0 unspecified atom stereocenters. The Bertz CT molecular complexity index is 1010. The number of hydrogen-bond donors (Lipinski definition) is 1. The Morgan fingerprint density at radius 2 is 1.75 bits per heavy atom. The Morgan fingerprint density at radius 1 is 1.06 bits per heavy atom. The topological polar surface area (TPSA) is 86.8 Å². The van der Waals surface area contributed by atoms with Crippen molar-refractivity contribution in [3.8, 4) is 0 Å². The first-order valence-corrected chi connectivity index (χ1v) is 12.6. The third-order valence-electron chi connectivity index (χ3n) is 5.26. The second-order valence-electron chi connectivity index (χ2n) is 7.82. The summed E-state index contributed by atoms with van der Waals surface area (Å²) >= 11 is 0. The molecule has 0 radical (unpaired) electrons. The van der Waals surface area contributed by atoms with Crippen molar-refractivity contribution in [2.24, 2.45) is 0 Å². The van der Waals surface area contributed by atoms with Crippen LogP contribution in [0.1, 0.15) is 37.3 Å². The van der Waals surface area contributed by atoms with E-state index in [1.54, 1.807) is 36.2 Å². The van der Waals surface area contributed by atoms with Crippen LogP contribution in [0.5, 0.6) is 0 Å². The Morgan fingerprint density at radius 3 is 2.31 bits per heavy atom. The average molecular weight is 460 g/mol. The number of carbonyl (C=O) groups excluding carboxylic acids is 2. The third-order valence-corrected chi connectivity index (χ3v) is 6.46. The van der Waals surface area contributed by atoms with Crippen LogP contribution in [0.3, 0.4) is 0 Å². The van der Waals surface area contributed by atoms with Gasteiger partial charge < -0.3 is 10.2 Å². The van der Waals surface area contributed by atoms with Gasteiger partial charge in [0.05, 0.1) is 11.9 Å². The Kier molecular flexibility index (Phi) is 9.26. The lowest BCUT2D eigenvalue weighted by Crippen LogP contribution is -2.48. The monoisotopic (exact) mass is 459 g/mol. The molecule has 2 amide bonds. The second kappa shape index (κ2) is 11.7. The zero-order valence-corrected chi connectivity index (χ0v) is 20.1. The van der Waals surface area contributed by atoms with Gasteiger partial charge in [0.1, 0.15) is 6.04 Å². The number of anilines is 1. The van der Waals surface area contributed by atoms with E-state index in [1.165, 1.54) is 4.31 Å². The van der Waals surface area contributed by atoms with Crippen LogP contribution in [0.4, 0.5) is 5.69 Å². The lowest BCUT2D eigenvalue weighted by atomic mass is 10.1. The third kappa shape index (κ3) is 7.09. The van der Waals surface area contributed by atoms with Gasteiger partial charge in [-0.05, 0) is 37.5 Å². The zero-order valence-electron chi connectivity index (χ0n) is 19.2. The van der Waals surface area contributed by atoms with Crippen LogP contribution < -0.4 is 9.62 Å². The van der Waals surface area contributed by atoms with Crippen LogP contribution in [0.15, 0.2) is 54.6 Å². The zero-order chi connectivity index (χ0) is 23.7. The van der Waals surface area contributed by atoms with Gasteiger partial charge in [-0.2, -0.15) is 0 Å². The summed E-state index contributed by atoms with van der Waals surface area (Å²) in [5.74, 6) is -0.390. The van der Waals surface area contributed by atoms with E-state index in [4.69, 9.17) is 0 Å². The van der Waals surface area contributed by atoms with Gasteiger partial charge in [-0.25, -0.2) is 8.42 Å². The van der Waals surface area contributed by atoms with E-state index in [9.17, 15) is 18.0 Å². The van der Waals surface area contributed by atoms with Gasteiger partial charge in [0, 0.05) is 26.6 Å². The highest BCUT2D eigenvalue weighted by Gasteiger charge is 2.28. The summed E-state index contributed by atoms with van der Waals surface area (Å²) in [6, 6.07) is 16.1. The first-order chi connectivity index (χ1) is 15.2. The molecule has 0 spiro atoms. The maximum Gasteiger partial charge on any atom is 0.242 e. The molecule has 0 aromatic heterocycles. The number of hydrogen-bond acceptors (Lipinski definition) is 4. The SMILES string of the molecule is CC[C@@H](C(=O)NC)N(Cc1cccc(C)c1)C(=O)CCCN(c1ccccc1)S(C)(=O)=O. The van der Waals surface area contributed by atoms with Crippen LogP contribution in [0.25, 0.3) is 0 Å². The van der Waals surface area contributed by atoms with E-state index in [1.807, 2.05) is 44.2 Å². The minimum Gasteiger partial charge on any atom is -0.357 e. The highest BCUT2D eigenvalue weighted by molar-refractivity contribution is 7.92. The lowest BCUT2D eigenvalue weighted by Gasteiger charge is -2.31. The molecule has 2 rings (SSSR count). The number of amides is 2. The van der Waals surface area contributed by atoms with Gasteiger partial charge in [-0.1, -0.05) is 55.0 Å². The van der Waals surface area contributed by atoms with Crippen LogP contribution in [-0.2, 0) is 26.2 Å². The number of benzene rings is 2. The summed E-state index contributed by atoms with van der Waals surface area (Å²) in [5.41, 5.74) is 2.59. The average Bonchev–Trinajstić information content (AvgIpc) is 2.76. The molecule has 0 heterocycles. The van der Waals surface area contributed by atoms with Crippen LogP contribution in [0.2, 0.25) is 0 Å². The largest absolute Gasteiger partial charge is 0.357 e. The Labute approximate surface area is 191 Å². The highest BCUT2D eigenvalue weighted by Crippen LogP contribution is 2.19. The molecule has 0 bridgehead atoms. The molecular weight excluding hydrogens is 426 g/mol. The molecule has 1 atom stereocenters. The summed E-state index contributed by atoms with van der Waals surface area (Å²) in [7, 11) is -1.92. The predicted molar refractivity (Wildman–Crippen MR) is 128 cm³/mol. The van der Waals surface area contributed by atoms with Crippen LogP contribution >= 0.6 is 0 Å². The number of para-hydroxylation sites is 1. The molecule has 1 N–H and O–H groups in total. The number of rotatable bonds is 11. The molecule has 2 aromatic rings. The maximum atomic E-state index is 13.2. The summed E-state index contributed by atoms with van der Waals surface area (Å²) in [4.78, 5) is 27.2. The molecule has 0 aliphatic carbocycles. The van der Waals surface area contributed by atoms with Crippen molar-refractivity contribution in [2.45, 2.75) is 45.7 Å². The molecule has 0 saturated heterocycles. The van der Waals surface area contributed by atoms with Gasteiger partial charge in [0.15, 0.2) is 0 Å². The number of carbonyl (C=O) groups is 2. The summed E-state index contributed by atoms with van der Waals surface area (Å²) in [6.07, 6.45) is 2.12. The van der Waals surface area contributed by atoms with Crippen molar-refractivity contribution in [1.29, 1.82) is 0 Å². The number of likely N-dealkylation sites (N-methyl/N-ethyl adjacent to an activating group) is 1. The summed E-state index contributed by atoms with van der Waals surface area (Å²) < 4.78 is 25.9. The van der Waals surface area contributed by atoms with Gasteiger partial charge in [-0.3, -0.25) is 13.9 Å². The van der Waals surface area contributed by atoms with Crippen molar-refractivity contribution in [3.63, 3.8) is 0 Å². The fourth-order valence-corrected chi connectivity index (χ4v) is 4.66. The Hall–Kier alpha value is -2.87. The molecular formula is C24H33N3O4S. The van der Waals surface area contributed by atoms with Crippen LogP contribution in [-0.4, -0.2) is 51.0 Å². The van der Waals surface area contributed by atoms with Gasteiger partial charge in [0.2, 0.25) is 21.8 Å². The minimum absolute atomic E-state index is 0.137. The summed E-state index contributed by atoms with van der Waals surface area (Å²) in [6.45, 7) is 4.36. The number of aryl methyl sites for hydroxylation is 1. The molecule has 2 aromatic carbocycles. The fraction of sp³-hybridized carbons (Fsp3) is 0.417. The standard InChI is InChI=1S/C24H33N3O4S/c1-5-22(24(29)25-3)26(18-20-12-9-11-19(2)17-20)23(28)15-10-16-27(32(4,30)31)21-13-7-6-8-14-21/h6-9,11-14,17,22H,5,10,15-16,18H2,1-4H3,(H,25,29)/t22-/m0/s1. The molecule has 0 aliphatic heterocycles. The smallest absolute Gasteiger partial charge is 0.242 e. The molecule has 0 aliphatic rings. The molecule has 174 valence electrons. The normalized spacial score (nSPS) is 12.1. The van der Waals surface area contributed by atoms with Crippen molar-refractivity contribution in [1.82, 2.24) is 10.2 Å². The van der Waals surface area contributed by atoms with Crippen molar-refractivity contribution in [3.05, 3.63) is 65.7 Å². The molecule has 7 nitrogen and oxygen atoms in total. The van der Waals surface area contributed by atoms with Gasteiger partial charge in [0.25, 0.3) is 0 Å². The maximum absolute atomic E-state index is 13.2. The van der Waals surface area contributed by atoms with Crippen molar-refractivity contribution >= 4 is 27.5 Å². The Balaban J connectivity index is 2.17. The fourth-order valence-electron chi connectivity index (χ4n) is 3.69. The van der Waals surface area contributed by atoms with Gasteiger partial charge >= 0.3 is 0 Å². The molecule has 8 heteroatoms. The van der Waals surface area contributed by atoms with E-state index < -0.39 is 16.1 Å². The first-order valence-electron chi connectivity index (χ1n) is 10.8. The highest BCUT2D eigenvalue weighted by atomic mass is 32.2. The quantitative estimate of drug-likeness (QED) is 0.559. The second-order valence-corrected chi connectivity index (χ2v) is 9.73. The van der Waals surface area contributed by atoms with E-state index in [0.717, 1.165) is 17.4 Å². The molecule has 32 heavy (non-hydrogen) atoms. The van der Waals surface area contributed by atoms with Crippen molar-refractivity contribution < 1.29 is 18.0 Å². The van der Waals surface area contributed by atoms with Gasteiger partial charge in [-0.15, -0.1) is 0 Å². The molecule has 0 saturated carbocycles. The lowest BCUT2D eigenvalue weighted by molar-refractivity contribution is -0.141. The number of nitrogens with zero attached hydrogens (tertiary/aromatic N) is 2.